The maximum absolute atomic E-state index is 13.0. The average Bonchev–Trinajstić information content (AvgIpc) is 2.32. The molecule has 2 aromatic carbocycles. The van der Waals surface area contributed by atoms with E-state index in [4.69, 9.17) is 0 Å². The largest absolute Gasteiger partial charge is 0.508 e. The molecule has 0 heterocycles. The second-order valence-corrected chi connectivity index (χ2v) is 3.84. The van der Waals surface area contributed by atoms with Crippen LogP contribution in [0.3, 0.4) is 0 Å². The molecule has 0 saturated heterocycles. The van der Waals surface area contributed by atoms with Crippen molar-refractivity contribution in [1.82, 2.24) is 0 Å². The van der Waals surface area contributed by atoms with E-state index in [2.05, 4.69) is 0 Å². The van der Waals surface area contributed by atoms with Crippen LogP contribution in [0.5, 0.6) is 5.75 Å². The minimum atomic E-state index is -0.439. The molecule has 0 fully saturated rings. The summed E-state index contributed by atoms with van der Waals surface area (Å²) in [7, 11) is 0. The predicted molar refractivity (Wildman–Crippen MR) is 62.7 cm³/mol. The Balaban J connectivity index is 2.40. The quantitative estimate of drug-likeness (QED) is 0.805. The molecular formula is C14H11FO2. The highest BCUT2D eigenvalue weighted by Crippen LogP contribution is 2.19. The Hall–Kier alpha value is -2.16. The van der Waals surface area contributed by atoms with Gasteiger partial charge in [0.25, 0.3) is 0 Å². The Morgan fingerprint density at radius 2 is 1.82 bits per heavy atom. The Morgan fingerprint density at radius 3 is 2.47 bits per heavy atom. The molecule has 0 aromatic heterocycles. The van der Waals surface area contributed by atoms with Gasteiger partial charge in [0.2, 0.25) is 0 Å². The zero-order valence-corrected chi connectivity index (χ0v) is 9.27. The van der Waals surface area contributed by atoms with Gasteiger partial charge in [-0.1, -0.05) is 12.1 Å². The van der Waals surface area contributed by atoms with Crippen molar-refractivity contribution in [2.24, 2.45) is 0 Å². The van der Waals surface area contributed by atoms with Gasteiger partial charge in [0, 0.05) is 11.1 Å². The number of benzene rings is 2. The summed E-state index contributed by atoms with van der Waals surface area (Å²) in [4.78, 5) is 12.0. The fourth-order valence-corrected chi connectivity index (χ4v) is 1.59. The van der Waals surface area contributed by atoms with Crippen LogP contribution in [0.15, 0.2) is 42.5 Å². The molecule has 86 valence electrons. The Morgan fingerprint density at radius 1 is 1.12 bits per heavy atom. The first-order valence-corrected chi connectivity index (χ1v) is 5.18. The number of halogens is 1. The van der Waals surface area contributed by atoms with Crippen LogP contribution in [0.4, 0.5) is 4.39 Å². The summed E-state index contributed by atoms with van der Waals surface area (Å²) in [6.07, 6.45) is 0. The molecule has 0 unspecified atom stereocenters. The van der Waals surface area contributed by atoms with Gasteiger partial charge in [0.15, 0.2) is 5.78 Å². The van der Waals surface area contributed by atoms with E-state index in [1.807, 2.05) is 0 Å². The highest BCUT2D eigenvalue weighted by Gasteiger charge is 2.10. The van der Waals surface area contributed by atoms with Crippen molar-refractivity contribution in [3.63, 3.8) is 0 Å². The van der Waals surface area contributed by atoms with Crippen molar-refractivity contribution in [3.05, 3.63) is 65.0 Å². The normalized spacial score (nSPS) is 10.2. The molecule has 0 aliphatic carbocycles. The Bertz CT molecular complexity index is 576. The first-order chi connectivity index (χ1) is 8.08. The van der Waals surface area contributed by atoms with Gasteiger partial charge in [-0.3, -0.25) is 4.79 Å². The molecule has 0 saturated carbocycles. The fraction of sp³-hybridized carbons (Fsp3) is 0.0714. The van der Waals surface area contributed by atoms with Crippen LogP contribution in [0.1, 0.15) is 21.5 Å². The van der Waals surface area contributed by atoms with Crippen molar-refractivity contribution in [2.75, 3.05) is 0 Å². The summed E-state index contributed by atoms with van der Waals surface area (Å²) in [6.45, 7) is 1.71. The number of carbonyl (C=O) groups excluding carboxylic acids is 1. The fourth-order valence-electron chi connectivity index (χ4n) is 1.59. The monoisotopic (exact) mass is 230 g/mol. The summed E-state index contributed by atoms with van der Waals surface area (Å²) < 4.78 is 13.0. The van der Waals surface area contributed by atoms with Crippen LogP contribution in [0, 0.1) is 12.7 Å². The van der Waals surface area contributed by atoms with Gasteiger partial charge in [-0.15, -0.1) is 0 Å². The van der Waals surface area contributed by atoms with Crippen LogP contribution in [0.2, 0.25) is 0 Å². The Kier molecular flexibility index (Phi) is 2.91. The van der Waals surface area contributed by atoms with Crippen LogP contribution < -0.4 is 0 Å². The number of phenolic OH excluding ortho intramolecular Hbond substituents is 1. The zero-order chi connectivity index (χ0) is 12.4. The van der Waals surface area contributed by atoms with Gasteiger partial charge in [-0.2, -0.15) is 0 Å². The number of hydrogen-bond acceptors (Lipinski definition) is 2. The van der Waals surface area contributed by atoms with E-state index in [1.165, 1.54) is 30.3 Å². The van der Waals surface area contributed by atoms with Crippen molar-refractivity contribution < 1.29 is 14.3 Å². The minimum absolute atomic E-state index is 0.140. The van der Waals surface area contributed by atoms with E-state index in [1.54, 1.807) is 19.1 Å². The van der Waals surface area contributed by atoms with Gasteiger partial charge in [0.1, 0.15) is 11.6 Å². The first kappa shape index (κ1) is 11.3. The molecule has 0 amide bonds. The van der Waals surface area contributed by atoms with Crippen molar-refractivity contribution >= 4 is 5.78 Å². The van der Waals surface area contributed by atoms with Gasteiger partial charge in [-0.05, 0) is 42.8 Å². The topological polar surface area (TPSA) is 37.3 Å². The summed E-state index contributed by atoms with van der Waals surface area (Å²) >= 11 is 0. The van der Waals surface area contributed by atoms with Gasteiger partial charge < -0.3 is 5.11 Å². The smallest absolute Gasteiger partial charge is 0.193 e. The minimum Gasteiger partial charge on any atom is -0.508 e. The summed E-state index contributed by atoms with van der Waals surface area (Å²) in [6, 6.07) is 10.1. The number of aromatic hydroxyl groups is 1. The van der Waals surface area contributed by atoms with Crippen molar-refractivity contribution in [2.45, 2.75) is 6.92 Å². The molecule has 0 radical (unpaired) electrons. The molecule has 0 atom stereocenters. The predicted octanol–water partition coefficient (Wildman–Crippen LogP) is 3.07. The number of hydrogen-bond donors (Lipinski definition) is 1. The zero-order valence-electron chi connectivity index (χ0n) is 9.27. The lowest BCUT2D eigenvalue weighted by molar-refractivity contribution is 0.103. The highest BCUT2D eigenvalue weighted by molar-refractivity contribution is 6.09. The van der Waals surface area contributed by atoms with Crippen molar-refractivity contribution in [1.29, 1.82) is 0 Å². The lowest BCUT2D eigenvalue weighted by atomic mass is 10.0. The molecule has 0 aliphatic heterocycles. The maximum Gasteiger partial charge on any atom is 0.193 e. The van der Waals surface area contributed by atoms with E-state index in [0.717, 1.165) is 0 Å². The third-order valence-corrected chi connectivity index (χ3v) is 2.55. The molecule has 2 nitrogen and oxygen atoms in total. The summed E-state index contributed by atoms with van der Waals surface area (Å²) in [5.41, 5.74) is 1.35. The average molecular weight is 230 g/mol. The van der Waals surface area contributed by atoms with E-state index < -0.39 is 5.82 Å². The van der Waals surface area contributed by atoms with Gasteiger partial charge in [-0.25, -0.2) is 4.39 Å². The van der Waals surface area contributed by atoms with Gasteiger partial charge in [0.05, 0.1) is 0 Å². The standard InChI is InChI=1S/C14H11FO2/c1-9-7-11(5-6-13(9)16)14(17)10-3-2-4-12(15)8-10/h2-8,16H,1H3. The first-order valence-electron chi connectivity index (χ1n) is 5.18. The van der Waals surface area contributed by atoms with Crippen molar-refractivity contribution in [3.8, 4) is 5.75 Å². The number of phenols is 1. The number of rotatable bonds is 2. The highest BCUT2D eigenvalue weighted by atomic mass is 19.1. The molecule has 0 aliphatic rings. The third-order valence-electron chi connectivity index (χ3n) is 2.55. The maximum atomic E-state index is 13.0. The molecular weight excluding hydrogens is 219 g/mol. The van der Waals surface area contributed by atoms with Crippen LogP contribution in [-0.4, -0.2) is 10.9 Å². The van der Waals surface area contributed by atoms with Crippen LogP contribution in [0.25, 0.3) is 0 Å². The lowest BCUT2D eigenvalue weighted by Gasteiger charge is -2.04. The molecule has 0 spiro atoms. The van der Waals surface area contributed by atoms with E-state index in [-0.39, 0.29) is 11.5 Å². The number of ketones is 1. The SMILES string of the molecule is Cc1cc(C(=O)c2cccc(F)c2)ccc1O. The molecule has 2 aromatic rings. The van der Waals surface area contributed by atoms with Gasteiger partial charge >= 0.3 is 0 Å². The molecule has 0 bridgehead atoms. The lowest BCUT2D eigenvalue weighted by Crippen LogP contribution is -2.01. The third kappa shape index (κ3) is 2.33. The second kappa shape index (κ2) is 4.37. The molecule has 2 rings (SSSR count). The van der Waals surface area contributed by atoms with E-state index >= 15 is 0 Å². The number of carbonyl (C=O) groups is 1. The molecule has 17 heavy (non-hydrogen) atoms. The second-order valence-electron chi connectivity index (χ2n) is 3.84. The van der Waals surface area contributed by atoms with E-state index in [9.17, 15) is 14.3 Å². The van der Waals surface area contributed by atoms with Crippen LogP contribution in [-0.2, 0) is 0 Å². The Labute approximate surface area is 98.3 Å². The van der Waals surface area contributed by atoms with Crippen LogP contribution >= 0.6 is 0 Å². The van der Waals surface area contributed by atoms with E-state index in [0.29, 0.717) is 16.7 Å². The molecule has 1 N–H and O–H groups in total. The summed E-state index contributed by atoms with van der Waals surface area (Å²) in [5.74, 6) is -0.556. The summed E-state index contributed by atoms with van der Waals surface area (Å²) in [5, 5.41) is 9.37. The number of aryl methyl sites for hydroxylation is 1. The molecule has 3 heteroatoms.